The molecule has 15 heavy (non-hydrogen) atoms. The lowest BCUT2D eigenvalue weighted by Crippen LogP contribution is -2.08. The Hall–Kier alpha value is -1.57. The lowest BCUT2D eigenvalue weighted by molar-refractivity contribution is 0.412. The Kier molecular flexibility index (Phi) is 3.67. The maximum absolute atomic E-state index is 8.82. The monoisotopic (exact) mass is 207 g/mol. The van der Waals surface area contributed by atoms with Crippen molar-refractivity contribution in [1.82, 2.24) is 14.8 Å². The summed E-state index contributed by atoms with van der Waals surface area (Å²) in [5.41, 5.74) is 5.17. The quantitative estimate of drug-likeness (QED) is 0.743. The minimum Gasteiger partial charge on any atom is -0.367 e. The van der Waals surface area contributed by atoms with E-state index in [1.807, 2.05) is 13.8 Å². The molecular formula is C10H17N5. The van der Waals surface area contributed by atoms with E-state index in [1.165, 1.54) is 0 Å². The summed E-state index contributed by atoms with van der Waals surface area (Å²) >= 11 is 0. The fourth-order valence-corrected chi connectivity index (χ4v) is 1.31. The van der Waals surface area contributed by atoms with Crippen molar-refractivity contribution < 1.29 is 0 Å². The Morgan fingerprint density at radius 1 is 1.53 bits per heavy atom. The molecule has 0 aromatic carbocycles. The average Bonchev–Trinajstić information content (AvgIpc) is 2.59. The molecule has 0 amide bonds. The van der Waals surface area contributed by atoms with Gasteiger partial charge in [0.2, 0.25) is 5.95 Å². The number of nitrogens with zero attached hydrogens (tertiary/aromatic N) is 4. The Bertz CT molecular complexity index is 347. The Morgan fingerprint density at radius 3 is 2.80 bits per heavy atom. The first-order valence-electron chi connectivity index (χ1n) is 5.10. The Morgan fingerprint density at radius 2 is 2.27 bits per heavy atom. The van der Waals surface area contributed by atoms with Crippen LogP contribution in [-0.2, 0) is 6.54 Å². The van der Waals surface area contributed by atoms with Gasteiger partial charge < -0.3 is 5.73 Å². The maximum atomic E-state index is 8.82. The highest BCUT2D eigenvalue weighted by atomic mass is 15.3. The fraction of sp³-hybridized carbons (Fsp3) is 0.700. The summed E-state index contributed by atoms with van der Waals surface area (Å²) in [6, 6.07) is 2.29. The van der Waals surface area contributed by atoms with Crippen LogP contribution in [0.15, 0.2) is 6.33 Å². The Balaban J connectivity index is 2.21. The second kappa shape index (κ2) is 4.78. The van der Waals surface area contributed by atoms with Gasteiger partial charge in [-0.3, -0.25) is 4.68 Å². The van der Waals surface area contributed by atoms with Crippen molar-refractivity contribution in [2.24, 2.45) is 5.41 Å². The zero-order valence-electron chi connectivity index (χ0n) is 9.27. The highest BCUT2D eigenvalue weighted by Crippen LogP contribution is 2.21. The molecule has 1 aromatic heterocycles. The number of nitrogens with two attached hydrogens (primary N) is 1. The third-order valence-electron chi connectivity index (χ3n) is 2.30. The molecule has 0 radical (unpaired) electrons. The van der Waals surface area contributed by atoms with E-state index in [9.17, 15) is 0 Å². The third kappa shape index (κ3) is 3.98. The van der Waals surface area contributed by atoms with Gasteiger partial charge in [-0.2, -0.15) is 5.26 Å². The summed E-state index contributed by atoms with van der Waals surface area (Å²) in [6.45, 7) is 4.73. The van der Waals surface area contributed by atoms with E-state index >= 15 is 0 Å². The van der Waals surface area contributed by atoms with Crippen LogP contribution in [0, 0.1) is 16.7 Å². The number of hydrogen-bond donors (Lipinski definition) is 1. The molecule has 0 aliphatic rings. The summed E-state index contributed by atoms with van der Waals surface area (Å²) in [5, 5.41) is 12.8. The normalized spacial score (nSPS) is 11.3. The molecule has 5 nitrogen and oxygen atoms in total. The van der Waals surface area contributed by atoms with Crippen LogP contribution in [0.3, 0.4) is 0 Å². The van der Waals surface area contributed by atoms with Crippen LogP contribution in [0.25, 0.3) is 0 Å². The molecule has 82 valence electrons. The van der Waals surface area contributed by atoms with Gasteiger partial charge in [0.05, 0.1) is 11.5 Å². The predicted octanol–water partition coefficient (Wildman–Crippen LogP) is 1.58. The topological polar surface area (TPSA) is 80.5 Å². The fourth-order valence-electron chi connectivity index (χ4n) is 1.31. The number of aromatic nitrogens is 3. The van der Waals surface area contributed by atoms with Gasteiger partial charge in [-0.15, -0.1) is 5.10 Å². The molecule has 0 atom stereocenters. The van der Waals surface area contributed by atoms with E-state index in [4.69, 9.17) is 11.0 Å². The number of nitriles is 1. The highest BCUT2D eigenvalue weighted by Gasteiger charge is 2.15. The zero-order valence-corrected chi connectivity index (χ0v) is 9.27. The van der Waals surface area contributed by atoms with E-state index in [0.717, 1.165) is 25.8 Å². The third-order valence-corrected chi connectivity index (χ3v) is 2.30. The molecular weight excluding hydrogens is 190 g/mol. The van der Waals surface area contributed by atoms with Crippen molar-refractivity contribution in [3.63, 3.8) is 0 Å². The largest absolute Gasteiger partial charge is 0.367 e. The summed E-state index contributed by atoms with van der Waals surface area (Å²) in [6.07, 6.45) is 4.55. The van der Waals surface area contributed by atoms with Crippen LogP contribution in [0.1, 0.15) is 33.1 Å². The number of anilines is 1. The number of rotatable bonds is 5. The number of aryl methyl sites for hydroxylation is 1. The van der Waals surface area contributed by atoms with Crippen molar-refractivity contribution >= 4 is 5.95 Å². The van der Waals surface area contributed by atoms with E-state index < -0.39 is 0 Å². The molecule has 0 fully saturated rings. The van der Waals surface area contributed by atoms with Crippen molar-refractivity contribution in [3.05, 3.63) is 6.33 Å². The van der Waals surface area contributed by atoms with Crippen molar-refractivity contribution in [2.75, 3.05) is 5.73 Å². The van der Waals surface area contributed by atoms with Gasteiger partial charge in [-0.1, -0.05) is 6.42 Å². The molecule has 0 saturated heterocycles. The molecule has 0 bridgehead atoms. The molecule has 0 spiro atoms. The van der Waals surface area contributed by atoms with Gasteiger partial charge in [0.15, 0.2) is 0 Å². The minimum absolute atomic E-state index is 0.221. The first-order valence-corrected chi connectivity index (χ1v) is 5.10. The van der Waals surface area contributed by atoms with Crippen LogP contribution in [0.4, 0.5) is 5.95 Å². The first kappa shape index (κ1) is 11.5. The maximum Gasteiger partial charge on any atom is 0.239 e. The van der Waals surface area contributed by atoms with Gasteiger partial charge in [0, 0.05) is 6.54 Å². The summed E-state index contributed by atoms with van der Waals surface area (Å²) in [5.74, 6) is 0.312. The summed E-state index contributed by atoms with van der Waals surface area (Å²) in [7, 11) is 0. The second-order valence-electron chi connectivity index (χ2n) is 4.32. The Labute approximate surface area is 89.9 Å². The van der Waals surface area contributed by atoms with E-state index in [-0.39, 0.29) is 5.41 Å². The highest BCUT2D eigenvalue weighted by molar-refractivity contribution is 5.09. The van der Waals surface area contributed by atoms with E-state index in [2.05, 4.69) is 16.2 Å². The van der Waals surface area contributed by atoms with Gasteiger partial charge >= 0.3 is 0 Å². The lowest BCUT2D eigenvalue weighted by Gasteiger charge is -2.13. The van der Waals surface area contributed by atoms with E-state index in [0.29, 0.717) is 5.95 Å². The smallest absolute Gasteiger partial charge is 0.239 e. The number of nitrogen functional groups attached to an aromatic ring is 1. The SMILES string of the molecule is CC(C)(C#N)CCCCn1cnc(N)n1. The van der Waals surface area contributed by atoms with Gasteiger partial charge in [0.25, 0.3) is 0 Å². The van der Waals surface area contributed by atoms with Gasteiger partial charge in [-0.25, -0.2) is 4.98 Å². The lowest BCUT2D eigenvalue weighted by atomic mass is 9.89. The molecule has 0 aliphatic carbocycles. The zero-order chi connectivity index (χ0) is 11.3. The van der Waals surface area contributed by atoms with Crippen molar-refractivity contribution in [2.45, 2.75) is 39.7 Å². The summed E-state index contributed by atoms with van der Waals surface area (Å²) < 4.78 is 1.73. The standard InChI is InChI=1S/C10H17N5/c1-10(2,7-11)5-3-4-6-15-8-13-9(12)14-15/h8H,3-6H2,1-2H3,(H2,12,14). The van der Waals surface area contributed by atoms with Crippen molar-refractivity contribution in [3.8, 4) is 6.07 Å². The van der Waals surface area contributed by atoms with Crippen LogP contribution in [-0.4, -0.2) is 14.8 Å². The number of unbranched alkanes of at least 4 members (excludes halogenated alkanes) is 1. The molecule has 1 rings (SSSR count). The molecule has 2 N–H and O–H groups in total. The molecule has 0 unspecified atom stereocenters. The van der Waals surface area contributed by atoms with E-state index in [1.54, 1.807) is 11.0 Å². The van der Waals surface area contributed by atoms with Crippen LogP contribution in [0.5, 0.6) is 0 Å². The first-order chi connectivity index (χ1) is 7.03. The molecule has 1 heterocycles. The van der Waals surface area contributed by atoms with Crippen LogP contribution >= 0.6 is 0 Å². The predicted molar refractivity (Wildman–Crippen MR) is 57.7 cm³/mol. The second-order valence-corrected chi connectivity index (χ2v) is 4.32. The van der Waals surface area contributed by atoms with Gasteiger partial charge in [-0.05, 0) is 26.7 Å². The molecule has 0 saturated carbocycles. The molecule has 5 heteroatoms. The average molecular weight is 207 g/mol. The van der Waals surface area contributed by atoms with Gasteiger partial charge in [0.1, 0.15) is 6.33 Å². The van der Waals surface area contributed by atoms with Crippen molar-refractivity contribution in [1.29, 1.82) is 5.26 Å². The number of hydrogen-bond acceptors (Lipinski definition) is 4. The summed E-state index contributed by atoms with van der Waals surface area (Å²) in [4.78, 5) is 3.84. The minimum atomic E-state index is -0.221. The molecule has 0 aliphatic heterocycles. The van der Waals surface area contributed by atoms with Crippen LogP contribution < -0.4 is 5.73 Å². The van der Waals surface area contributed by atoms with Crippen LogP contribution in [0.2, 0.25) is 0 Å². The molecule has 1 aromatic rings.